The van der Waals surface area contributed by atoms with Crippen LogP contribution in [0.15, 0.2) is 48.5 Å². The topological polar surface area (TPSA) is 157 Å². The number of esters is 1. The van der Waals surface area contributed by atoms with Crippen LogP contribution in [-0.2, 0) is 11.2 Å². The van der Waals surface area contributed by atoms with Crippen LogP contribution in [0.3, 0.4) is 0 Å². The second-order valence-corrected chi connectivity index (χ2v) is 7.08. The molecule has 1 aliphatic rings. The van der Waals surface area contributed by atoms with Gasteiger partial charge in [-0.25, -0.2) is 4.79 Å². The number of aromatic hydroxyl groups is 6. The van der Waals surface area contributed by atoms with Crippen molar-refractivity contribution in [2.24, 2.45) is 0 Å². The zero-order valence-corrected chi connectivity index (χ0v) is 15.9. The molecule has 0 saturated heterocycles. The van der Waals surface area contributed by atoms with Gasteiger partial charge >= 0.3 is 5.97 Å². The predicted octanol–water partition coefficient (Wildman–Crippen LogP) is 2.82. The van der Waals surface area contributed by atoms with Crippen molar-refractivity contribution in [1.29, 1.82) is 0 Å². The van der Waals surface area contributed by atoms with E-state index in [4.69, 9.17) is 9.47 Å². The summed E-state index contributed by atoms with van der Waals surface area (Å²) in [5.74, 6) is -3.05. The van der Waals surface area contributed by atoms with E-state index in [0.717, 1.165) is 18.2 Å². The third-order valence-electron chi connectivity index (χ3n) is 4.95. The number of hydrogen-bond acceptors (Lipinski definition) is 9. The van der Waals surface area contributed by atoms with Gasteiger partial charge in [-0.15, -0.1) is 0 Å². The molecule has 9 heteroatoms. The number of benzene rings is 3. The summed E-state index contributed by atoms with van der Waals surface area (Å²) in [7, 11) is 0. The average Bonchev–Trinajstić information content (AvgIpc) is 2.72. The number of phenolic OH excluding ortho intramolecular Hbond substituents is 6. The van der Waals surface area contributed by atoms with E-state index in [0.29, 0.717) is 5.56 Å². The number of rotatable bonds is 3. The molecule has 1 heterocycles. The molecule has 1 aliphatic heterocycles. The number of carbonyl (C=O) groups is 1. The smallest absolute Gasteiger partial charge is 0.338 e. The Balaban J connectivity index is 1.73. The van der Waals surface area contributed by atoms with Gasteiger partial charge in [-0.2, -0.15) is 0 Å². The lowest BCUT2D eigenvalue weighted by molar-refractivity contribution is -0.0188. The Kier molecular flexibility index (Phi) is 4.86. The summed E-state index contributed by atoms with van der Waals surface area (Å²) in [4.78, 5) is 12.6. The minimum atomic E-state index is -1.05. The third-order valence-corrected chi connectivity index (χ3v) is 4.95. The highest BCUT2D eigenvalue weighted by molar-refractivity contribution is 5.89. The summed E-state index contributed by atoms with van der Waals surface area (Å²) >= 11 is 0. The van der Waals surface area contributed by atoms with E-state index in [1.54, 1.807) is 0 Å². The standard InChI is InChI=1S/C22H18O9/c23-12-3-1-10(2-4-12)22(29)31-19-9-14-15(25)7-13(24)8-18(14)30-21(19)11-5-16(26)20(28)17(27)6-11/h1-8,19,21,23-28H,9H2/t19-,21+/m0/s1. The minimum Gasteiger partial charge on any atom is -0.508 e. The summed E-state index contributed by atoms with van der Waals surface area (Å²) in [6.45, 7) is 0. The second-order valence-electron chi connectivity index (χ2n) is 7.08. The normalized spacial score (nSPS) is 17.4. The zero-order chi connectivity index (χ0) is 22.3. The van der Waals surface area contributed by atoms with Crippen molar-refractivity contribution in [2.45, 2.75) is 18.6 Å². The van der Waals surface area contributed by atoms with Crippen molar-refractivity contribution < 1.29 is 44.9 Å². The molecule has 31 heavy (non-hydrogen) atoms. The van der Waals surface area contributed by atoms with Gasteiger partial charge in [0.15, 0.2) is 23.4 Å². The monoisotopic (exact) mass is 426 g/mol. The quantitative estimate of drug-likeness (QED) is 0.274. The van der Waals surface area contributed by atoms with E-state index in [1.807, 2.05) is 0 Å². The number of hydrogen-bond donors (Lipinski definition) is 6. The summed E-state index contributed by atoms with van der Waals surface area (Å²) in [5, 5.41) is 58.8. The molecule has 9 nitrogen and oxygen atoms in total. The summed E-state index contributed by atoms with van der Waals surface area (Å²) < 4.78 is 11.4. The van der Waals surface area contributed by atoms with Gasteiger partial charge in [0.1, 0.15) is 29.1 Å². The molecular formula is C22H18O9. The van der Waals surface area contributed by atoms with E-state index < -0.39 is 35.4 Å². The first-order valence-electron chi connectivity index (χ1n) is 9.19. The molecule has 0 aliphatic carbocycles. The third kappa shape index (κ3) is 3.80. The molecule has 4 rings (SSSR count). The number of ether oxygens (including phenoxy) is 2. The van der Waals surface area contributed by atoms with E-state index in [1.165, 1.54) is 30.3 Å². The maximum absolute atomic E-state index is 12.6. The predicted molar refractivity (Wildman–Crippen MR) is 106 cm³/mol. The molecule has 160 valence electrons. The molecule has 0 bridgehead atoms. The van der Waals surface area contributed by atoms with Crippen LogP contribution in [0.4, 0.5) is 0 Å². The lowest BCUT2D eigenvalue weighted by Gasteiger charge is -2.34. The lowest BCUT2D eigenvalue weighted by Crippen LogP contribution is -2.34. The fraction of sp³-hybridized carbons (Fsp3) is 0.136. The number of carbonyl (C=O) groups excluding carboxylic acids is 1. The number of phenols is 6. The van der Waals surface area contributed by atoms with Gasteiger partial charge in [-0.05, 0) is 36.4 Å². The van der Waals surface area contributed by atoms with Crippen LogP contribution >= 0.6 is 0 Å². The minimum absolute atomic E-state index is 0.00165. The molecule has 0 amide bonds. The van der Waals surface area contributed by atoms with E-state index >= 15 is 0 Å². The van der Waals surface area contributed by atoms with Gasteiger partial charge in [0.25, 0.3) is 0 Å². The SMILES string of the molecule is O=C(O[C@H]1Cc2c(O)cc(O)cc2O[C@@H]1c1cc(O)c(O)c(O)c1)c1ccc(O)cc1. The van der Waals surface area contributed by atoms with Crippen LogP contribution in [-0.4, -0.2) is 42.7 Å². The van der Waals surface area contributed by atoms with Gasteiger partial charge in [0, 0.05) is 29.7 Å². The molecular weight excluding hydrogens is 408 g/mol. The Morgan fingerprint density at radius 3 is 2.13 bits per heavy atom. The summed E-state index contributed by atoms with van der Waals surface area (Å²) in [6.07, 6.45) is -2.06. The van der Waals surface area contributed by atoms with Crippen LogP contribution in [0.2, 0.25) is 0 Å². The summed E-state index contributed by atoms with van der Waals surface area (Å²) in [5.41, 5.74) is 0.642. The first kappa shape index (κ1) is 20.0. The first-order valence-corrected chi connectivity index (χ1v) is 9.19. The summed E-state index contributed by atoms with van der Waals surface area (Å²) in [6, 6.07) is 10.1. The molecule has 0 spiro atoms. The van der Waals surface area contributed by atoms with Crippen molar-refractivity contribution in [2.75, 3.05) is 0 Å². The van der Waals surface area contributed by atoms with Crippen molar-refractivity contribution in [3.63, 3.8) is 0 Å². The van der Waals surface area contributed by atoms with Gasteiger partial charge in [-0.1, -0.05) is 0 Å². The Labute approximate surface area is 175 Å². The van der Waals surface area contributed by atoms with Crippen LogP contribution < -0.4 is 4.74 Å². The second kappa shape index (κ2) is 7.52. The zero-order valence-electron chi connectivity index (χ0n) is 15.9. The lowest BCUT2D eigenvalue weighted by atomic mass is 9.93. The first-order chi connectivity index (χ1) is 14.7. The molecule has 0 radical (unpaired) electrons. The highest BCUT2D eigenvalue weighted by Crippen LogP contribution is 2.45. The molecule has 0 unspecified atom stereocenters. The molecule has 6 N–H and O–H groups in total. The van der Waals surface area contributed by atoms with E-state index in [2.05, 4.69) is 0 Å². The van der Waals surface area contributed by atoms with Crippen LogP contribution in [0.5, 0.6) is 40.2 Å². The van der Waals surface area contributed by atoms with E-state index in [9.17, 15) is 35.4 Å². The Bertz CT molecular complexity index is 1130. The van der Waals surface area contributed by atoms with Gasteiger partial charge in [0.2, 0.25) is 0 Å². The van der Waals surface area contributed by atoms with Crippen LogP contribution in [0.25, 0.3) is 0 Å². The van der Waals surface area contributed by atoms with E-state index in [-0.39, 0.29) is 40.5 Å². The van der Waals surface area contributed by atoms with Crippen molar-refractivity contribution >= 4 is 5.97 Å². The fourth-order valence-electron chi connectivity index (χ4n) is 3.43. The van der Waals surface area contributed by atoms with Gasteiger partial charge in [-0.3, -0.25) is 0 Å². The van der Waals surface area contributed by atoms with Crippen LogP contribution in [0.1, 0.15) is 27.6 Å². The molecule has 2 atom stereocenters. The van der Waals surface area contributed by atoms with Crippen molar-refractivity contribution in [3.8, 4) is 40.2 Å². The average molecular weight is 426 g/mol. The molecule has 0 saturated carbocycles. The fourth-order valence-corrected chi connectivity index (χ4v) is 3.43. The highest BCUT2D eigenvalue weighted by Gasteiger charge is 2.37. The Hall–Kier alpha value is -4.27. The van der Waals surface area contributed by atoms with Crippen LogP contribution in [0, 0.1) is 0 Å². The van der Waals surface area contributed by atoms with Gasteiger partial charge < -0.3 is 40.1 Å². The highest BCUT2D eigenvalue weighted by atomic mass is 16.6. The molecule has 3 aromatic carbocycles. The molecule has 0 fully saturated rings. The number of fused-ring (bicyclic) bond motifs is 1. The maximum atomic E-state index is 12.6. The maximum Gasteiger partial charge on any atom is 0.338 e. The van der Waals surface area contributed by atoms with Crippen molar-refractivity contribution in [3.05, 3.63) is 65.2 Å². The van der Waals surface area contributed by atoms with Crippen molar-refractivity contribution in [1.82, 2.24) is 0 Å². The Morgan fingerprint density at radius 1 is 0.839 bits per heavy atom. The molecule has 0 aromatic heterocycles. The largest absolute Gasteiger partial charge is 0.508 e. The van der Waals surface area contributed by atoms with Gasteiger partial charge in [0.05, 0.1) is 5.56 Å². The Morgan fingerprint density at radius 2 is 1.48 bits per heavy atom. The molecule has 3 aromatic rings.